The number of nitrogens with one attached hydrogen (secondary N) is 1. The van der Waals surface area contributed by atoms with Gasteiger partial charge in [0.05, 0.1) is 6.10 Å². The summed E-state index contributed by atoms with van der Waals surface area (Å²) in [5, 5.41) is 19.4. The number of carbonyl (C=O) groups excluding carboxylic acids is 1. The molecule has 0 bridgehead atoms. The number of likely N-dealkylation sites (N-methyl/N-ethyl adjacent to an activating group) is 1. The average molecular weight is 190 g/mol. The van der Waals surface area contributed by atoms with Gasteiger partial charge in [-0.1, -0.05) is 0 Å². The van der Waals surface area contributed by atoms with Crippen LogP contribution in [0, 0.1) is 0 Å². The maximum absolute atomic E-state index is 11.3. The average Bonchev–Trinajstić information content (AvgIpc) is 1.97. The largest absolute Gasteiger partial charge is 0.465 e. The minimum atomic E-state index is -1.33. The Bertz CT molecular complexity index is 203. The monoisotopic (exact) mass is 190 g/mol. The van der Waals surface area contributed by atoms with E-state index in [0.717, 1.165) is 0 Å². The molecular weight excluding hydrogens is 176 g/mol. The van der Waals surface area contributed by atoms with Gasteiger partial charge in [-0.15, -0.1) is 0 Å². The molecule has 0 spiro atoms. The SMILES string of the molecule is C[C@@H](O)[C@H](NC(=O)O)C(=O)N(C)C. The zero-order valence-electron chi connectivity index (χ0n) is 7.81. The van der Waals surface area contributed by atoms with Crippen LogP contribution in [0.15, 0.2) is 0 Å². The van der Waals surface area contributed by atoms with E-state index in [-0.39, 0.29) is 0 Å². The number of carboxylic acid groups (broad SMARTS) is 1. The molecule has 0 aliphatic carbocycles. The lowest BCUT2D eigenvalue weighted by atomic mass is 10.1. The Morgan fingerprint density at radius 1 is 1.38 bits per heavy atom. The molecule has 0 aromatic rings. The molecule has 76 valence electrons. The third kappa shape index (κ3) is 3.75. The van der Waals surface area contributed by atoms with E-state index in [4.69, 9.17) is 10.2 Å². The standard InChI is InChI=1S/C7H14N2O4/c1-4(10)5(8-7(12)13)6(11)9(2)3/h4-5,8,10H,1-3H3,(H,12,13)/t4-,5+/m1/s1. The zero-order valence-corrected chi connectivity index (χ0v) is 7.81. The molecule has 3 N–H and O–H groups in total. The van der Waals surface area contributed by atoms with E-state index in [0.29, 0.717) is 0 Å². The minimum Gasteiger partial charge on any atom is -0.465 e. The third-order valence-corrected chi connectivity index (χ3v) is 1.47. The quantitative estimate of drug-likeness (QED) is 0.537. The molecule has 0 saturated heterocycles. The summed E-state index contributed by atoms with van der Waals surface area (Å²) in [4.78, 5) is 22.7. The third-order valence-electron chi connectivity index (χ3n) is 1.47. The van der Waals surface area contributed by atoms with Crippen LogP contribution in [-0.4, -0.2) is 53.4 Å². The Hall–Kier alpha value is -1.30. The molecule has 0 fully saturated rings. The maximum Gasteiger partial charge on any atom is 0.405 e. The van der Waals surface area contributed by atoms with Gasteiger partial charge in [0.2, 0.25) is 5.91 Å². The molecule has 6 nitrogen and oxygen atoms in total. The van der Waals surface area contributed by atoms with Crippen LogP contribution in [0.25, 0.3) is 0 Å². The summed E-state index contributed by atoms with van der Waals surface area (Å²) in [5.41, 5.74) is 0. The number of hydrogen-bond donors (Lipinski definition) is 3. The summed E-state index contributed by atoms with van der Waals surface area (Å²) in [6.07, 6.45) is -2.38. The molecule has 0 aromatic carbocycles. The summed E-state index contributed by atoms with van der Waals surface area (Å²) in [6, 6.07) is -1.10. The van der Waals surface area contributed by atoms with Crippen molar-refractivity contribution < 1.29 is 19.8 Å². The zero-order chi connectivity index (χ0) is 10.6. The van der Waals surface area contributed by atoms with Crippen molar-refractivity contribution in [3.63, 3.8) is 0 Å². The van der Waals surface area contributed by atoms with Crippen molar-refractivity contribution in [2.45, 2.75) is 19.1 Å². The highest BCUT2D eigenvalue weighted by molar-refractivity contribution is 5.85. The second kappa shape index (κ2) is 4.66. The van der Waals surface area contributed by atoms with Crippen molar-refractivity contribution in [1.29, 1.82) is 0 Å². The minimum absolute atomic E-state index is 0.475. The first kappa shape index (κ1) is 11.7. The van der Waals surface area contributed by atoms with E-state index < -0.39 is 24.1 Å². The molecule has 0 radical (unpaired) electrons. The summed E-state index contributed by atoms with van der Waals surface area (Å²) < 4.78 is 0. The molecular formula is C7H14N2O4. The molecule has 0 aromatic heterocycles. The van der Waals surface area contributed by atoms with Crippen LogP contribution in [-0.2, 0) is 4.79 Å². The number of carbonyl (C=O) groups is 2. The van der Waals surface area contributed by atoms with Crippen LogP contribution in [0.4, 0.5) is 4.79 Å². The molecule has 0 heterocycles. The molecule has 0 aliphatic heterocycles. The number of nitrogens with zero attached hydrogens (tertiary/aromatic N) is 1. The Morgan fingerprint density at radius 2 is 1.85 bits per heavy atom. The van der Waals surface area contributed by atoms with Gasteiger partial charge in [0, 0.05) is 14.1 Å². The van der Waals surface area contributed by atoms with Crippen molar-refractivity contribution in [3.8, 4) is 0 Å². The van der Waals surface area contributed by atoms with Gasteiger partial charge in [0.25, 0.3) is 0 Å². The smallest absolute Gasteiger partial charge is 0.405 e. The second-order valence-electron chi connectivity index (χ2n) is 2.90. The molecule has 0 unspecified atom stereocenters. The van der Waals surface area contributed by atoms with Crippen molar-refractivity contribution in [3.05, 3.63) is 0 Å². The molecule has 13 heavy (non-hydrogen) atoms. The fraction of sp³-hybridized carbons (Fsp3) is 0.714. The van der Waals surface area contributed by atoms with Gasteiger partial charge in [-0.25, -0.2) is 4.79 Å². The number of aliphatic hydroxyl groups is 1. The summed E-state index contributed by atoms with van der Waals surface area (Å²) in [5.74, 6) is -0.475. The first-order chi connectivity index (χ1) is 5.86. The number of amides is 2. The topological polar surface area (TPSA) is 89.9 Å². The highest BCUT2D eigenvalue weighted by Crippen LogP contribution is 1.96. The lowest BCUT2D eigenvalue weighted by Gasteiger charge is -2.22. The van der Waals surface area contributed by atoms with Crippen LogP contribution in [0.3, 0.4) is 0 Å². The van der Waals surface area contributed by atoms with Crippen LogP contribution in [0.5, 0.6) is 0 Å². The van der Waals surface area contributed by atoms with Gasteiger partial charge in [0.1, 0.15) is 6.04 Å². The van der Waals surface area contributed by atoms with Gasteiger partial charge in [0.15, 0.2) is 0 Å². The van der Waals surface area contributed by atoms with E-state index in [2.05, 4.69) is 0 Å². The van der Waals surface area contributed by atoms with Gasteiger partial charge < -0.3 is 20.4 Å². The molecule has 0 aliphatic rings. The van der Waals surface area contributed by atoms with E-state index in [1.807, 2.05) is 5.32 Å². The first-order valence-corrected chi connectivity index (χ1v) is 3.75. The van der Waals surface area contributed by atoms with Crippen LogP contribution < -0.4 is 5.32 Å². The number of hydrogen-bond acceptors (Lipinski definition) is 3. The highest BCUT2D eigenvalue weighted by atomic mass is 16.4. The normalized spacial score (nSPS) is 14.5. The maximum atomic E-state index is 11.3. The predicted molar refractivity (Wildman–Crippen MR) is 45.3 cm³/mol. The highest BCUT2D eigenvalue weighted by Gasteiger charge is 2.26. The van der Waals surface area contributed by atoms with E-state index in [1.54, 1.807) is 0 Å². The first-order valence-electron chi connectivity index (χ1n) is 3.75. The van der Waals surface area contributed by atoms with Crippen LogP contribution in [0.1, 0.15) is 6.92 Å². The number of aliphatic hydroxyl groups excluding tert-OH is 1. The molecule has 0 saturated carbocycles. The molecule has 2 atom stereocenters. The van der Waals surface area contributed by atoms with Crippen LogP contribution in [0.2, 0.25) is 0 Å². The van der Waals surface area contributed by atoms with Gasteiger partial charge >= 0.3 is 6.09 Å². The van der Waals surface area contributed by atoms with E-state index in [1.165, 1.54) is 25.9 Å². The molecule has 6 heteroatoms. The van der Waals surface area contributed by atoms with Crippen molar-refractivity contribution >= 4 is 12.0 Å². The van der Waals surface area contributed by atoms with Gasteiger partial charge in [-0.05, 0) is 6.92 Å². The fourth-order valence-electron chi connectivity index (χ4n) is 0.800. The lowest BCUT2D eigenvalue weighted by molar-refractivity contribution is -0.133. The summed E-state index contributed by atoms with van der Waals surface area (Å²) >= 11 is 0. The molecule has 2 amide bonds. The van der Waals surface area contributed by atoms with Gasteiger partial charge in [-0.3, -0.25) is 4.79 Å². The predicted octanol–water partition coefficient (Wildman–Crippen LogP) is -0.908. The summed E-state index contributed by atoms with van der Waals surface area (Å²) in [6.45, 7) is 1.35. The second-order valence-corrected chi connectivity index (χ2v) is 2.90. The molecule has 0 rings (SSSR count). The van der Waals surface area contributed by atoms with Crippen LogP contribution >= 0.6 is 0 Å². The lowest BCUT2D eigenvalue weighted by Crippen LogP contribution is -2.51. The Morgan fingerprint density at radius 3 is 2.08 bits per heavy atom. The van der Waals surface area contributed by atoms with Crippen molar-refractivity contribution in [2.24, 2.45) is 0 Å². The Balaban J connectivity index is 4.42. The Labute approximate surface area is 76.2 Å². The fourth-order valence-corrected chi connectivity index (χ4v) is 0.800. The van der Waals surface area contributed by atoms with E-state index >= 15 is 0 Å². The van der Waals surface area contributed by atoms with Gasteiger partial charge in [-0.2, -0.15) is 0 Å². The van der Waals surface area contributed by atoms with E-state index in [9.17, 15) is 9.59 Å². The van der Waals surface area contributed by atoms with Crippen molar-refractivity contribution in [1.82, 2.24) is 10.2 Å². The summed E-state index contributed by atoms with van der Waals surface area (Å²) in [7, 11) is 2.97. The number of rotatable bonds is 3. The Kier molecular flexibility index (Phi) is 4.19. The van der Waals surface area contributed by atoms with Crippen molar-refractivity contribution in [2.75, 3.05) is 14.1 Å².